The van der Waals surface area contributed by atoms with Crippen molar-refractivity contribution in [3.63, 3.8) is 0 Å². The minimum absolute atomic E-state index is 0.00495. The zero-order valence-electron chi connectivity index (χ0n) is 15.5. The van der Waals surface area contributed by atoms with Crippen LogP contribution in [0.25, 0.3) is 0 Å². The summed E-state index contributed by atoms with van der Waals surface area (Å²) in [6.45, 7) is 1.51. The lowest BCUT2D eigenvalue weighted by atomic mass is 9.86. The minimum atomic E-state index is -0.283. The molecule has 146 valence electrons. The maximum absolute atomic E-state index is 13.1. The number of rotatable bonds is 6. The molecule has 2 amide bonds. The first-order valence-electron chi connectivity index (χ1n) is 9.87. The van der Waals surface area contributed by atoms with Gasteiger partial charge in [-0.1, -0.05) is 12.1 Å². The van der Waals surface area contributed by atoms with Gasteiger partial charge in [-0.25, -0.2) is 4.39 Å². The predicted molar refractivity (Wildman–Crippen MR) is 102 cm³/mol. The third-order valence-electron chi connectivity index (χ3n) is 6.63. The Labute approximate surface area is 164 Å². The van der Waals surface area contributed by atoms with E-state index in [0.29, 0.717) is 12.3 Å². The lowest BCUT2D eigenvalue weighted by Crippen LogP contribution is -2.50. The predicted octanol–water partition coefficient (Wildman–Crippen LogP) is 3.27. The Balaban J connectivity index is 1.33. The van der Waals surface area contributed by atoms with Crippen LogP contribution in [0.1, 0.15) is 44.1 Å². The number of amides is 2. The molecule has 0 spiro atoms. The molecule has 4 nitrogen and oxygen atoms in total. The van der Waals surface area contributed by atoms with Crippen molar-refractivity contribution in [2.24, 2.45) is 11.3 Å². The number of nitrogens with one attached hydrogen (secondary N) is 1. The highest BCUT2D eigenvalue weighted by Crippen LogP contribution is 2.51. The van der Waals surface area contributed by atoms with Crippen LogP contribution in [0.3, 0.4) is 0 Å². The molecule has 1 aromatic rings. The summed E-state index contributed by atoms with van der Waals surface area (Å²) in [4.78, 5) is 26.8. The van der Waals surface area contributed by atoms with Crippen molar-refractivity contribution in [2.75, 3.05) is 19.0 Å². The van der Waals surface area contributed by atoms with Gasteiger partial charge < -0.3 is 10.2 Å². The van der Waals surface area contributed by atoms with Crippen molar-refractivity contribution in [2.45, 2.75) is 50.5 Å². The van der Waals surface area contributed by atoms with Gasteiger partial charge in [0.15, 0.2) is 0 Å². The van der Waals surface area contributed by atoms with Gasteiger partial charge in [0.25, 0.3) is 0 Å². The van der Waals surface area contributed by atoms with E-state index in [4.69, 9.17) is 11.6 Å². The van der Waals surface area contributed by atoms with Crippen LogP contribution >= 0.6 is 11.6 Å². The van der Waals surface area contributed by atoms with E-state index in [-0.39, 0.29) is 34.5 Å². The Hall–Kier alpha value is -1.62. The van der Waals surface area contributed by atoms with Crippen LogP contribution < -0.4 is 5.32 Å². The van der Waals surface area contributed by atoms with Gasteiger partial charge in [0, 0.05) is 18.6 Å². The lowest BCUT2D eigenvalue weighted by molar-refractivity contribution is -0.139. The second kappa shape index (κ2) is 7.08. The fourth-order valence-corrected chi connectivity index (χ4v) is 4.73. The molecule has 4 rings (SSSR count). The first-order chi connectivity index (χ1) is 13.0. The number of halogens is 2. The van der Waals surface area contributed by atoms with Crippen molar-refractivity contribution < 1.29 is 14.0 Å². The highest BCUT2D eigenvalue weighted by atomic mass is 35.5. The third-order valence-corrected chi connectivity index (χ3v) is 6.87. The summed E-state index contributed by atoms with van der Waals surface area (Å²) in [6.07, 6.45) is 6.42. The van der Waals surface area contributed by atoms with Gasteiger partial charge in [-0.3, -0.25) is 9.59 Å². The monoisotopic (exact) mass is 392 g/mol. The molecule has 6 heteroatoms. The zero-order valence-corrected chi connectivity index (χ0v) is 16.2. The lowest BCUT2D eigenvalue weighted by Gasteiger charge is -2.38. The van der Waals surface area contributed by atoms with Crippen molar-refractivity contribution in [3.05, 3.63) is 35.6 Å². The summed E-state index contributed by atoms with van der Waals surface area (Å²) < 4.78 is 13.1. The van der Waals surface area contributed by atoms with Crippen LogP contribution in [-0.4, -0.2) is 41.2 Å². The number of nitrogens with zero attached hydrogens (tertiary/aromatic N) is 1. The number of hydrogen-bond acceptors (Lipinski definition) is 2. The molecule has 1 saturated heterocycles. The zero-order chi connectivity index (χ0) is 19.1. The number of carbonyl (C=O) groups is 2. The van der Waals surface area contributed by atoms with Gasteiger partial charge in [-0.15, -0.1) is 11.6 Å². The van der Waals surface area contributed by atoms with E-state index in [1.54, 1.807) is 12.1 Å². The Morgan fingerprint density at radius 3 is 2.26 bits per heavy atom. The van der Waals surface area contributed by atoms with E-state index >= 15 is 0 Å². The van der Waals surface area contributed by atoms with Gasteiger partial charge in [0.1, 0.15) is 11.7 Å². The summed E-state index contributed by atoms with van der Waals surface area (Å²) in [6, 6.07) is 6.49. The molecule has 0 radical (unpaired) electrons. The molecule has 0 bridgehead atoms. The minimum Gasteiger partial charge on any atom is -0.349 e. The van der Waals surface area contributed by atoms with Crippen LogP contribution in [-0.2, 0) is 16.0 Å². The standard InChI is InChI=1S/C21H26ClFN2O2/c22-14-18(26)24-21(9-10-21)16-5-11-25(12-6-16)19(27)20(7-8-20)13-15-1-3-17(23)4-2-15/h1-4,16H,5-14H2,(H,24,26). The van der Waals surface area contributed by atoms with Crippen molar-refractivity contribution in [1.29, 1.82) is 0 Å². The van der Waals surface area contributed by atoms with Crippen LogP contribution in [0.5, 0.6) is 0 Å². The topological polar surface area (TPSA) is 49.4 Å². The number of hydrogen-bond donors (Lipinski definition) is 1. The Kier molecular flexibility index (Phi) is 4.91. The summed E-state index contributed by atoms with van der Waals surface area (Å²) in [5.74, 6) is 0.349. The molecule has 2 saturated carbocycles. The van der Waals surface area contributed by atoms with Crippen LogP contribution in [0.15, 0.2) is 24.3 Å². The highest BCUT2D eigenvalue weighted by Gasteiger charge is 2.54. The number of piperidine rings is 1. The van der Waals surface area contributed by atoms with E-state index in [2.05, 4.69) is 5.32 Å². The molecule has 1 N–H and O–H groups in total. The highest BCUT2D eigenvalue weighted by molar-refractivity contribution is 6.27. The smallest absolute Gasteiger partial charge is 0.235 e. The van der Waals surface area contributed by atoms with Gasteiger partial charge in [0.2, 0.25) is 11.8 Å². The fourth-order valence-electron chi connectivity index (χ4n) is 4.66. The van der Waals surface area contributed by atoms with Crippen molar-refractivity contribution in [3.8, 4) is 0 Å². The molecule has 3 aliphatic rings. The van der Waals surface area contributed by atoms with E-state index in [1.165, 1.54) is 12.1 Å². The van der Waals surface area contributed by atoms with Crippen LogP contribution in [0, 0.1) is 17.2 Å². The van der Waals surface area contributed by atoms with Crippen molar-refractivity contribution >= 4 is 23.4 Å². The fraction of sp³-hybridized carbons (Fsp3) is 0.619. The molecule has 27 heavy (non-hydrogen) atoms. The number of benzene rings is 1. The maximum atomic E-state index is 13.1. The Bertz CT molecular complexity index is 720. The summed E-state index contributed by atoms with van der Waals surface area (Å²) in [5.41, 5.74) is 0.666. The molecule has 1 aliphatic heterocycles. The average molecular weight is 393 g/mol. The van der Waals surface area contributed by atoms with Crippen LogP contribution in [0.4, 0.5) is 4.39 Å². The SMILES string of the molecule is O=C(CCl)NC1(C2CCN(C(=O)C3(Cc4ccc(F)cc4)CC3)CC2)CC1. The second-order valence-electron chi connectivity index (χ2n) is 8.49. The number of carbonyl (C=O) groups excluding carboxylic acids is 2. The number of likely N-dealkylation sites (tertiary alicyclic amines) is 1. The molecule has 1 aromatic carbocycles. The van der Waals surface area contributed by atoms with Gasteiger partial charge in [-0.05, 0) is 68.6 Å². The molecule has 0 aromatic heterocycles. The first kappa shape index (κ1) is 18.7. The summed E-state index contributed by atoms with van der Waals surface area (Å²) >= 11 is 5.64. The molecular formula is C21H26ClFN2O2. The van der Waals surface area contributed by atoms with Crippen LogP contribution in [0.2, 0.25) is 0 Å². The molecule has 0 unspecified atom stereocenters. The number of alkyl halides is 1. The second-order valence-corrected chi connectivity index (χ2v) is 8.76. The normalized spacial score (nSPS) is 23.0. The molecule has 2 aliphatic carbocycles. The molecule has 1 heterocycles. The third kappa shape index (κ3) is 3.84. The molecular weight excluding hydrogens is 367 g/mol. The van der Waals surface area contributed by atoms with E-state index in [1.807, 2.05) is 4.90 Å². The molecule has 0 atom stereocenters. The largest absolute Gasteiger partial charge is 0.349 e. The van der Waals surface area contributed by atoms with E-state index in [9.17, 15) is 14.0 Å². The maximum Gasteiger partial charge on any atom is 0.235 e. The summed E-state index contributed by atoms with van der Waals surface area (Å²) in [5, 5.41) is 3.11. The van der Waals surface area contributed by atoms with Crippen molar-refractivity contribution in [1.82, 2.24) is 10.2 Å². The van der Waals surface area contributed by atoms with Gasteiger partial charge >= 0.3 is 0 Å². The van der Waals surface area contributed by atoms with E-state index in [0.717, 1.165) is 57.2 Å². The Morgan fingerprint density at radius 2 is 1.74 bits per heavy atom. The summed E-state index contributed by atoms with van der Waals surface area (Å²) in [7, 11) is 0. The Morgan fingerprint density at radius 1 is 1.11 bits per heavy atom. The van der Waals surface area contributed by atoms with Gasteiger partial charge in [0.05, 0.1) is 5.41 Å². The van der Waals surface area contributed by atoms with E-state index < -0.39 is 0 Å². The quantitative estimate of drug-likeness (QED) is 0.755. The van der Waals surface area contributed by atoms with Gasteiger partial charge in [-0.2, -0.15) is 0 Å². The average Bonchev–Trinajstić information content (AvgIpc) is 3.61. The molecule has 3 fully saturated rings. The first-order valence-corrected chi connectivity index (χ1v) is 10.4.